The Bertz CT molecular complexity index is 301. The Morgan fingerprint density at radius 2 is 1.14 bits per heavy atom. The van der Waals surface area contributed by atoms with Crippen LogP contribution < -0.4 is 18.9 Å². The van der Waals surface area contributed by atoms with Crippen molar-refractivity contribution in [3.05, 3.63) is 4.13 Å². The summed E-state index contributed by atoms with van der Waals surface area (Å²) in [6, 6.07) is 0. The van der Waals surface area contributed by atoms with Gasteiger partial charge in [0.25, 0.3) is 0 Å². The minimum Gasteiger partial charge on any atom is -0.436 e. The molecule has 8 heteroatoms. The molecule has 0 aromatic rings. The van der Waals surface area contributed by atoms with E-state index in [1.165, 1.54) is 0 Å². The number of sulfonamides is 2. The molecule has 5 nitrogen and oxygen atoms in total. The van der Waals surface area contributed by atoms with Crippen LogP contribution in [0.3, 0.4) is 0 Å². The maximum absolute atomic E-state index is 11.0. The summed E-state index contributed by atoms with van der Waals surface area (Å²) in [4.78, 5) is 0. The molecule has 0 unspecified atom stereocenters. The smallest absolute Gasteiger partial charge is 0.436 e. The van der Waals surface area contributed by atoms with Gasteiger partial charge < -0.3 is 4.13 Å². The van der Waals surface area contributed by atoms with Crippen molar-refractivity contribution >= 4 is 20.0 Å². The van der Waals surface area contributed by atoms with Crippen molar-refractivity contribution in [1.82, 2.24) is 0 Å². The van der Waals surface area contributed by atoms with E-state index in [-0.39, 0.29) is 30.4 Å². The van der Waals surface area contributed by atoms with Crippen LogP contribution in [-0.2, 0) is 20.0 Å². The van der Waals surface area contributed by atoms with Crippen molar-refractivity contribution < 1.29 is 35.7 Å². The second kappa shape index (κ2) is 6.85. The predicted molar refractivity (Wildman–Crippen MR) is 51.5 cm³/mol. The molecular formula is C6H14LiNO4S2. The second-order valence-corrected chi connectivity index (χ2v) is 6.39. The van der Waals surface area contributed by atoms with Gasteiger partial charge in [-0.2, -0.15) is 0 Å². The fraction of sp³-hybridized carbons (Fsp3) is 1.00. The molecule has 0 amide bonds. The molecule has 0 aliphatic carbocycles. The number of nitrogens with zero attached hydrogens (tertiary/aromatic N) is 1. The van der Waals surface area contributed by atoms with Crippen molar-refractivity contribution in [2.24, 2.45) is 0 Å². The van der Waals surface area contributed by atoms with E-state index in [4.69, 9.17) is 0 Å². The fourth-order valence-corrected chi connectivity index (χ4v) is 3.78. The first kappa shape index (κ1) is 16.9. The Hall–Kier alpha value is 0.457. The third kappa shape index (κ3) is 7.82. The molecule has 0 saturated carbocycles. The van der Waals surface area contributed by atoms with Gasteiger partial charge in [-0.3, -0.25) is 0 Å². The topological polar surface area (TPSA) is 82.4 Å². The van der Waals surface area contributed by atoms with E-state index in [2.05, 4.69) is 4.13 Å². The van der Waals surface area contributed by atoms with Crippen molar-refractivity contribution in [3.63, 3.8) is 0 Å². The van der Waals surface area contributed by atoms with Crippen LogP contribution in [-0.4, -0.2) is 28.3 Å². The van der Waals surface area contributed by atoms with Crippen LogP contribution in [0.2, 0.25) is 0 Å². The van der Waals surface area contributed by atoms with Gasteiger partial charge in [0.05, 0.1) is 20.0 Å². The van der Waals surface area contributed by atoms with Crippen LogP contribution in [0.4, 0.5) is 0 Å². The number of hydrogen-bond acceptors (Lipinski definition) is 4. The van der Waals surface area contributed by atoms with E-state index in [1.54, 1.807) is 13.8 Å². The quantitative estimate of drug-likeness (QED) is 0.491. The Balaban J connectivity index is 0. The molecule has 14 heavy (non-hydrogen) atoms. The molecule has 0 fully saturated rings. The summed E-state index contributed by atoms with van der Waals surface area (Å²) in [6.07, 6.45) is 0.737. The largest absolute Gasteiger partial charge is 1.00 e. The van der Waals surface area contributed by atoms with Crippen LogP contribution in [0.15, 0.2) is 0 Å². The molecule has 0 aromatic carbocycles. The maximum Gasteiger partial charge on any atom is 1.00 e. The molecule has 0 heterocycles. The average molecular weight is 235 g/mol. The third-order valence-corrected chi connectivity index (χ3v) is 4.82. The Morgan fingerprint density at radius 1 is 0.857 bits per heavy atom. The average Bonchev–Trinajstić information content (AvgIpc) is 1.82. The molecule has 80 valence electrons. The summed E-state index contributed by atoms with van der Waals surface area (Å²) in [7, 11) is -7.55. The van der Waals surface area contributed by atoms with Crippen molar-refractivity contribution in [3.8, 4) is 0 Å². The van der Waals surface area contributed by atoms with Gasteiger partial charge in [-0.25, -0.2) is 16.8 Å². The summed E-state index contributed by atoms with van der Waals surface area (Å²) >= 11 is 0. The number of hydrogen-bond donors (Lipinski definition) is 0. The van der Waals surface area contributed by atoms with E-state index in [0.717, 1.165) is 0 Å². The molecular weight excluding hydrogens is 221 g/mol. The zero-order valence-electron chi connectivity index (χ0n) is 8.73. The molecule has 0 radical (unpaired) electrons. The predicted octanol–water partition coefficient (Wildman–Crippen LogP) is -2.16. The van der Waals surface area contributed by atoms with Gasteiger partial charge in [0, 0.05) is 11.5 Å². The van der Waals surface area contributed by atoms with Gasteiger partial charge in [0.15, 0.2) is 0 Å². The molecule has 0 aromatic heterocycles. The summed E-state index contributed by atoms with van der Waals surface area (Å²) in [5, 5.41) is 0. The normalized spacial score (nSPS) is 12.1. The van der Waals surface area contributed by atoms with Crippen LogP contribution in [0.5, 0.6) is 0 Å². The summed E-state index contributed by atoms with van der Waals surface area (Å²) in [5.41, 5.74) is 0. The van der Waals surface area contributed by atoms with Gasteiger partial charge >= 0.3 is 18.9 Å². The molecule has 0 saturated heterocycles. The summed E-state index contributed by atoms with van der Waals surface area (Å²) in [6.45, 7) is 3.30. The standard InChI is InChI=1S/C6H14NO4S2.Li/c1-3-5-12(8,9)7-13(10,11)6-4-2;/h3-6H2,1-2H3;/q-1;+1. The molecule has 0 spiro atoms. The van der Waals surface area contributed by atoms with Gasteiger partial charge in [-0.05, 0) is 12.8 Å². The molecule has 0 atom stereocenters. The van der Waals surface area contributed by atoms with Gasteiger partial charge in [-0.1, -0.05) is 13.8 Å². The first-order valence-corrected chi connectivity index (χ1v) is 7.24. The Labute approximate surface area is 97.9 Å². The zero-order chi connectivity index (χ0) is 10.5. The summed E-state index contributed by atoms with van der Waals surface area (Å²) in [5.74, 6) is -0.425. The third-order valence-electron chi connectivity index (χ3n) is 1.15. The monoisotopic (exact) mass is 235 g/mol. The van der Waals surface area contributed by atoms with E-state index in [0.29, 0.717) is 12.8 Å². The van der Waals surface area contributed by atoms with Gasteiger partial charge in [0.1, 0.15) is 0 Å². The van der Waals surface area contributed by atoms with Crippen molar-refractivity contribution in [1.29, 1.82) is 0 Å². The van der Waals surface area contributed by atoms with Crippen LogP contribution in [0, 0.1) is 0 Å². The first-order chi connectivity index (χ1) is 5.83. The minimum absolute atomic E-state index is 0. The molecule has 0 bridgehead atoms. The van der Waals surface area contributed by atoms with E-state index in [9.17, 15) is 16.8 Å². The first-order valence-electron chi connectivity index (χ1n) is 4.02. The molecule has 0 aliphatic rings. The Kier molecular flexibility index (Phi) is 8.26. The van der Waals surface area contributed by atoms with Gasteiger partial charge in [-0.15, -0.1) is 0 Å². The van der Waals surface area contributed by atoms with Crippen molar-refractivity contribution in [2.45, 2.75) is 26.7 Å². The molecule has 0 aliphatic heterocycles. The summed E-state index contributed by atoms with van der Waals surface area (Å²) < 4.78 is 46.8. The molecule has 0 N–H and O–H groups in total. The van der Waals surface area contributed by atoms with E-state index < -0.39 is 20.0 Å². The SMILES string of the molecule is CCCS(=O)(=O)[N-]S(=O)(=O)CCC.[Li+]. The van der Waals surface area contributed by atoms with Crippen LogP contribution >= 0.6 is 0 Å². The minimum atomic E-state index is -3.77. The fourth-order valence-electron chi connectivity index (χ4n) is 0.763. The van der Waals surface area contributed by atoms with Gasteiger partial charge in [0.2, 0.25) is 0 Å². The molecule has 0 rings (SSSR count). The van der Waals surface area contributed by atoms with Crippen LogP contribution in [0.25, 0.3) is 4.13 Å². The number of rotatable bonds is 6. The second-order valence-electron chi connectivity index (χ2n) is 2.65. The van der Waals surface area contributed by atoms with E-state index in [1.807, 2.05) is 0 Å². The zero-order valence-corrected chi connectivity index (χ0v) is 10.4. The van der Waals surface area contributed by atoms with Crippen molar-refractivity contribution in [2.75, 3.05) is 11.5 Å². The Morgan fingerprint density at radius 3 is 1.36 bits per heavy atom. The van der Waals surface area contributed by atoms with Crippen LogP contribution in [0.1, 0.15) is 26.7 Å². The van der Waals surface area contributed by atoms with E-state index >= 15 is 0 Å². The maximum atomic E-state index is 11.0.